The molecule has 2 unspecified atom stereocenters. The Labute approximate surface area is 610 Å². The number of ether oxygens (including phenoxy) is 4. The second kappa shape index (κ2) is 74.3. The minimum absolute atomic E-state index is 0.0897. The Morgan fingerprint density at radius 2 is 0.460 bits per heavy atom. The van der Waals surface area contributed by atoms with Gasteiger partial charge in [0.15, 0.2) is 12.2 Å². The number of esters is 4. The molecule has 0 aromatic heterocycles. The van der Waals surface area contributed by atoms with Gasteiger partial charge in [0.25, 0.3) is 0 Å². The Balaban J connectivity index is 5.33. The molecule has 0 aliphatic carbocycles. The van der Waals surface area contributed by atoms with Gasteiger partial charge in [-0.1, -0.05) is 282 Å². The fraction of sp³-hybridized carbons (Fsp3) is 0.852. The highest BCUT2D eigenvalue weighted by Gasteiger charge is 2.30. The molecule has 0 rings (SSSR count). The van der Waals surface area contributed by atoms with E-state index in [4.69, 9.17) is 37.0 Å². The summed E-state index contributed by atoms with van der Waals surface area (Å²) in [5.74, 6) is -2.16. The molecule has 5 atom stereocenters. The minimum atomic E-state index is -4.97. The monoisotopic (exact) mass is 1460 g/mol. The van der Waals surface area contributed by atoms with Gasteiger partial charge in [0, 0.05) is 25.7 Å². The molecule has 0 amide bonds. The zero-order chi connectivity index (χ0) is 73.2. The van der Waals surface area contributed by atoms with Crippen LogP contribution in [0.5, 0.6) is 0 Å². The lowest BCUT2D eigenvalue weighted by Gasteiger charge is -2.21. The summed E-state index contributed by atoms with van der Waals surface area (Å²) in [6.07, 6.45) is 72.2. The normalized spacial score (nSPS) is 14.1. The summed E-state index contributed by atoms with van der Waals surface area (Å²) in [6.45, 7) is 4.90. The smallest absolute Gasteiger partial charge is 0.462 e. The van der Waals surface area contributed by atoms with Crippen molar-refractivity contribution in [1.29, 1.82) is 0 Å². The molecule has 0 fully saturated rings. The molecule has 17 nitrogen and oxygen atoms in total. The second-order valence-corrected chi connectivity index (χ2v) is 30.6. The van der Waals surface area contributed by atoms with E-state index in [1.165, 1.54) is 141 Å². The van der Waals surface area contributed by atoms with Gasteiger partial charge in [-0.2, -0.15) is 0 Å². The first-order chi connectivity index (χ1) is 48.7. The van der Waals surface area contributed by atoms with Crippen molar-refractivity contribution >= 4 is 39.5 Å². The van der Waals surface area contributed by atoms with Crippen molar-refractivity contribution in [3.63, 3.8) is 0 Å². The van der Waals surface area contributed by atoms with Crippen LogP contribution in [0.4, 0.5) is 0 Å². The number of aliphatic hydroxyl groups excluding tert-OH is 1. The predicted octanol–water partition coefficient (Wildman–Crippen LogP) is 23.7. The largest absolute Gasteiger partial charge is 0.472 e. The molecule has 0 radical (unpaired) electrons. The van der Waals surface area contributed by atoms with E-state index in [0.29, 0.717) is 25.7 Å². The molecule has 0 saturated heterocycles. The lowest BCUT2D eigenvalue weighted by molar-refractivity contribution is -0.161. The Kier molecular flexibility index (Phi) is 72.1. The number of carbonyl (C=O) groups excluding carboxylic acids is 4. The first kappa shape index (κ1) is 97.0. The fourth-order valence-corrected chi connectivity index (χ4v) is 13.0. The van der Waals surface area contributed by atoms with Gasteiger partial charge in [0.2, 0.25) is 0 Å². The van der Waals surface area contributed by atoms with Crippen LogP contribution >= 0.6 is 15.6 Å². The summed E-state index contributed by atoms with van der Waals surface area (Å²) in [4.78, 5) is 73.0. The molecule has 3 N–H and O–H groups in total. The van der Waals surface area contributed by atoms with Crippen LogP contribution < -0.4 is 0 Å². The molecule has 0 aromatic carbocycles. The maximum Gasteiger partial charge on any atom is 0.472 e. The molecular formula is C81H150O17P2. The number of carbonyl (C=O) groups is 4. The highest BCUT2D eigenvalue weighted by atomic mass is 31.2. The Bertz CT molecular complexity index is 2080. The number of hydrogen-bond acceptors (Lipinski definition) is 15. The summed E-state index contributed by atoms with van der Waals surface area (Å²) in [5.41, 5.74) is 0. The summed E-state index contributed by atoms with van der Waals surface area (Å²) in [7, 11) is -9.94. The molecule has 0 saturated carbocycles. The predicted molar refractivity (Wildman–Crippen MR) is 409 cm³/mol. The SMILES string of the molecule is CCCCCC/C=C\CCCCCCCCCC(=O)OC[C@H](COP(=O)(O)OC[C@@H](O)COP(=O)(O)OC[C@@H](COC(=O)CCCCCCCCC/C=C\CCCCCC)OC(=O)CCCCCCCCC/C=C\CCCCCC)OC(=O)CCCCCCC/C=C\CCCCCCCC. The van der Waals surface area contributed by atoms with Crippen LogP contribution in [-0.4, -0.2) is 96.7 Å². The van der Waals surface area contributed by atoms with Gasteiger partial charge in [0.05, 0.1) is 26.4 Å². The maximum absolute atomic E-state index is 13.1. The van der Waals surface area contributed by atoms with E-state index in [9.17, 15) is 43.2 Å². The average molecular weight is 1460 g/mol. The standard InChI is InChI=1S/C81H150O17P2/c1-5-9-13-17-21-25-29-33-37-41-45-49-53-57-61-65-78(83)91-71-76(97-80(85)67-63-59-55-51-47-43-39-35-31-27-23-19-15-11-7-3)73-95-99(87,88)93-69-75(82)70-94-100(89,90)96-74-77(98-81(86)68-64-60-56-52-48-44-40-36-32-28-24-20-16-12-8-4)72-92-79(84)66-62-58-54-50-46-42-38-34-30-26-22-18-14-10-6-2/h25-27,29-31,36,40,75-77,82H,5-24,28,32-35,37-39,41-74H2,1-4H3,(H,87,88)(H,89,90)/b29-25-,30-26-,31-27-,40-36-/t75-,76+,77+/m0/s1. The molecule has 19 heteroatoms. The van der Waals surface area contributed by atoms with Crippen molar-refractivity contribution in [2.45, 2.75) is 406 Å². The van der Waals surface area contributed by atoms with Gasteiger partial charge in [0.1, 0.15) is 19.3 Å². The summed E-state index contributed by atoms with van der Waals surface area (Å²) < 4.78 is 68.7. The van der Waals surface area contributed by atoms with Crippen molar-refractivity contribution in [1.82, 2.24) is 0 Å². The average Bonchev–Trinajstić information content (AvgIpc) is 1.01. The van der Waals surface area contributed by atoms with Crippen molar-refractivity contribution < 1.29 is 80.2 Å². The van der Waals surface area contributed by atoms with Crippen LogP contribution in [0.2, 0.25) is 0 Å². The number of phosphoric acid groups is 2. The lowest BCUT2D eigenvalue weighted by atomic mass is 10.1. The molecule has 0 heterocycles. The highest BCUT2D eigenvalue weighted by Crippen LogP contribution is 2.45. The molecule has 0 spiro atoms. The third-order valence-electron chi connectivity index (χ3n) is 17.7. The van der Waals surface area contributed by atoms with E-state index in [0.717, 1.165) is 167 Å². The zero-order valence-corrected chi connectivity index (χ0v) is 65.9. The van der Waals surface area contributed by atoms with Crippen LogP contribution in [0.25, 0.3) is 0 Å². The number of allylic oxidation sites excluding steroid dienone is 8. The van der Waals surface area contributed by atoms with Crippen LogP contribution in [0.3, 0.4) is 0 Å². The van der Waals surface area contributed by atoms with Crippen molar-refractivity contribution in [3.8, 4) is 0 Å². The zero-order valence-electron chi connectivity index (χ0n) is 64.1. The van der Waals surface area contributed by atoms with Gasteiger partial charge in [-0.25, -0.2) is 9.13 Å². The third kappa shape index (κ3) is 73.3. The van der Waals surface area contributed by atoms with Gasteiger partial charge < -0.3 is 33.8 Å². The first-order valence-corrected chi connectivity index (χ1v) is 43.9. The molecule has 586 valence electrons. The van der Waals surface area contributed by atoms with Crippen LogP contribution in [-0.2, 0) is 65.4 Å². The topological polar surface area (TPSA) is 237 Å². The van der Waals surface area contributed by atoms with Crippen molar-refractivity contribution in [2.75, 3.05) is 39.6 Å². The number of unbranched alkanes of at least 4 members (excludes halogenated alkanes) is 44. The van der Waals surface area contributed by atoms with E-state index in [1.54, 1.807) is 0 Å². The van der Waals surface area contributed by atoms with Crippen LogP contribution in [0.1, 0.15) is 387 Å². The van der Waals surface area contributed by atoms with E-state index >= 15 is 0 Å². The number of phosphoric ester groups is 2. The van der Waals surface area contributed by atoms with Crippen LogP contribution in [0, 0.1) is 0 Å². The minimum Gasteiger partial charge on any atom is -0.462 e. The Morgan fingerprint density at radius 1 is 0.270 bits per heavy atom. The van der Waals surface area contributed by atoms with E-state index in [-0.39, 0.29) is 25.7 Å². The van der Waals surface area contributed by atoms with E-state index in [1.807, 2.05) is 0 Å². The first-order valence-electron chi connectivity index (χ1n) is 40.9. The Hall–Kier alpha value is -2.98. The van der Waals surface area contributed by atoms with Crippen LogP contribution in [0.15, 0.2) is 48.6 Å². The van der Waals surface area contributed by atoms with E-state index < -0.39 is 97.5 Å². The third-order valence-corrected chi connectivity index (χ3v) is 19.6. The van der Waals surface area contributed by atoms with Gasteiger partial charge >= 0.3 is 39.5 Å². The summed E-state index contributed by atoms with van der Waals surface area (Å²) in [6, 6.07) is 0. The van der Waals surface area contributed by atoms with E-state index in [2.05, 4.69) is 76.3 Å². The van der Waals surface area contributed by atoms with Crippen molar-refractivity contribution in [2.24, 2.45) is 0 Å². The Morgan fingerprint density at radius 3 is 0.700 bits per heavy atom. The van der Waals surface area contributed by atoms with Crippen molar-refractivity contribution in [3.05, 3.63) is 48.6 Å². The fourth-order valence-electron chi connectivity index (χ4n) is 11.4. The van der Waals surface area contributed by atoms with Gasteiger partial charge in [-0.15, -0.1) is 0 Å². The molecular weight excluding hydrogens is 1310 g/mol. The second-order valence-electron chi connectivity index (χ2n) is 27.7. The maximum atomic E-state index is 13.1. The highest BCUT2D eigenvalue weighted by molar-refractivity contribution is 7.47. The quantitative estimate of drug-likeness (QED) is 0.0169. The molecule has 100 heavy (non-hydrogen) atoms. The number of aliphatic hydroxyl groups is 1. The molecule has 0 aliphatic rings. The molecule has 0 bridgehead atoms. The molecule has 0 aromatic rings. The number of hydrogen-bond donors (Lipinski definition) is 3. The van der Waals surface area contributed by atoms with Gasteiger partial charge in [-0.05, 0) is 128 Å². The van der Waals surface area contributed by atoms with Gasteiger partial charge in [-0.3, -0.25) is 37.3 Å². The summed E-state index contributed by atoms with van der Waals surface area (Å²) in [5, 5.41) is 10.6. The lowest BCUT2D eigenvalue weighted by Crippen LogP contribution is -2.30. The molecule has 0 aliphatic heterocycles. The summed E-state index contributed by atoms with van der Waals surface area (Å²) >= 11 is 0. The number of rotatable bonds is 78.